The largest absolute Gasteiger partial charge is 0.377 e. The van der Waals surface area contributed by atoms with E-state index in [2.05, 4.69) is 27.1 Å². The summed E-state index contributed by atoms with van der Waals surface area (Å²) in [6, 6.07) is 2.88. The highest BCUT2D eigenvalue weighted by molar-refractivity contribution is 5.29. The Hall–Kier alpha value is -1.20. The zero-order valence-corrected chi connectivity index (χ0v) is 11.5. The number of piperidine rings is 1. The third-order valence-corrected chi connectivity index (χ3v) is 4.08. The zero-order valence-electron chi connectivity index (χ0n) is 11.5. The lowest BCUT2D eigenvalue weighted by Crippen LogP contribution is -2.51. The van der Waals surface area contributed by atoms with Gasteiger partial charge < -0.3 is 15.0 Å². The molecule has 1 aromatic heterocycles. The molecular formula is C14H22N4O. The van der Waals surface area contributed by atoms with Gasteiger partial charge in [-0.3, -0.25) is 0 Å². The number of nitrogens with one attached hydrogen (secondary N) is 1. The molecule has 1 N–H and O–H groups in total. The summed E-state index contributed by atoms with van der Waals surface area (Å²) < 4.78 is 5.62. The number of nitrogens with zero attached hydrogens (tertiary/aromatic N) is 3. The number of hydrogen-bond acceptors (Lipinski definition) is 5. The molecule has 2 fully saturated rings. The minimum atomic E-state index is 0.336. The summed E-state index contributed by atoms with van der Waals surface area (Å²) in [5, 5.41) is 3.75. The van der Waals surface area contributed by atoms with Gasteiger partial charge in [-0.1, -0.05) is 0 Å². The van der Waals surface area contributed by atoms with Crippen molar-refractivity contribution < 1.29 is 4.74 Å². The van der Waals surface area contributed by atoms with E-state index in [1.54, 1.807) is 0 Å². The molecule has 0 radical (unpaired) electrons. The topological polar surface area (TPSA) is 50.3 Å². The molecule has 104 valence electrons. The summed E-state index contributed by atoms with van der Waals surface area (Å²) in [5.41, 5.74) is 0. The van der Waals surface area contributed by atoms with E-state index >= 15 is 0 Å². The Kier molecular flexibility index (Phi) is 3.94. The second-order valence-corrected chi connectivity index (χ2v) is 5.47. The van der Waals surface area contributed by atoms with E-state index in [0.717, 1.165) is 32.1 Å². The van der Waals surface area contributed by atoms with Gasteiger partial charge in [0.05, 0.1) is 6.10 Å². The van der Waals surface area contributed by atoms with Crippen molar-refractivity contribution >= 4 is 5.95 Å². The van der Waals surface area contributed by atoms with Crippen LogP contribution in [0, 0.1) is 0 Å². The summed E-state index contributed by atoms with van der Waals surface area (Å²) in [7, 11) is 0. The van der Waals surface area contributed by atoms with Crippen molar-refractivity contribution in [1.29, 1.82) is 0 Å². The van der Waals surface area contributed by atoms with Gasteiger partial charge in [0.25, 0.3) is 0 Å². The summed E-state index contributed by atoms with van der Waals surface area (Å²) in [4.78, 5) is 11.0. The molecule has 0 bridgehead atoms. The lowest BCUT2D eigenvalue weighted by Gasteiger charge is -2.35. The monoisotopic (exact) mass is 262 g/mol. The summed E-state index contributed by atoms with van der Waals surface area (Å²) >= 11 is 0. The molecule has 0 aliphatic carbocycles. The Balaban J connectivity index is 1.59. The molecule has 1 aromatic rings. The second kappa shape index (κ2) is 5.84. The number of anilines is 1. The quantitative estimate of drug-likeness (QED) is 0.887. The number of ether oxygens (including phenoxy) is 1. The Labute approximate surface area is 114 Å². The average molecular weight is 262 g/mol. The van der Waals surface area contributed by atoms with Crippen LogP contribution in [-0.4, -0.2) is 47.9 Å². The lowest BCUT2D eigenvalue weighted by molar-refractivity contribution is 0.110. The van der Waals surface area contributed by atoms with Gasteiger partial charge in [-0.05, 0) is 32.3 Å². The first-order valence-corrected chi connectivity index (χ1v) is 7.22. The number of hydrogen-bond donors (Lipinski definition) is 1. The average Bonchev–Trinajstić information content (AvgIpc) is 2.86. The lowest BCUT2D eigenvalue weighted by atomic mass is 10.0. The van der Waals surface area contributed by atoms with Gasteiger partial charge in [0.15, 0.2) is 0 Å². The van der Waals surface area contributed by atoms with Crippen molar-refractivity contribution in [2.45, 2.75) is 44.4 Å². The first kappa shape index (κ1) is 12.8. The van der Waals surface area contributed by atoms with E-state index in [9.17, 15) is 0 Å². The molecule has 3 rings (SSSR count). The van der Waals surface area contributed by atoms with E-state index in [-0.39, 0.29) is 0 Å². The van der Waals surface area contributed by atoms with Gasteiger partial charge in [0.1, 0.15) is 0 Å². The molecule has 0 spiro atoms. The number of aromatic nitrogens is 2. The summed E-state index contributed by atoms with van der Waals surface area (Å²) in [5.74, 6) is 0.852. The van der Waals surface area contributed by atoms with Gasteiger partial charge >= 0.3 is 0 Å². The highest BCUT2D eigenvalue weighted by Gasteiger charge is 2.29. The van der Waals surface area contributed by atoms with Gasteiger partial charge in [-0.2, -0.15) is 0 Å². The molecule has 3 unspecified atom stereocenters. The first-order chi connectivity index (χ1) is 9.33. The van der Waals surface area contributed by atoms with Crippen LogP contribution in [0.1, 0.15) is 26.2 Å². The van der Waals surface area contributed by atoms with Gasteiger partial charge in [-0.15, -0.1) is 0 Å². The van der Waals surface area contributed by atoms with Crippen LogP contribution in [0.25, 0.3) is 0 Å². The fraction of sp³-hybridized carbons (Fsp3) is 0.714. The molecule has 5 nitrogen and oxygen atoms in total. The normalized spacial score (nSPS) is 31.6. The Bertz CT molecular complexity index is 400. The predicted molar refractivity (Wildman–Crippen MR) is 74.2 cm³/mol. The smallest absolute Gasteiger partial charge is 0.225 e. The van der Waals surface area contributed by atoms with Crippen molar-refractivity contribution in [3.63, 3.8) is 0 Å². The van der Waals surface area contributed by atoms with Crippen molar-refractivity contribution in [3.05, 3.63) is 18.5 Å². The molecule has 3 heterocycles. The van der Waals surface area contributed by atoms with Crippen molar-refractivity contribution in [3.8, 4) is 0 Å². The van der Waals surface area contributed by atoms with Gasteiger partial charge in [0.2, 0.25) is 5.95 Å². The minimum absolute atomic E-state index is 0.336. The van der Waals surface area contributed by atoms with E-state index in [1.165, 1.54) is 12.8 Å². The van der Waals surface area contributed by atoms with E-state index < -0.39 is 0 Å². The number of rotatable bonds is 3. The van der Waals surface area contributed by atoms with Crippen molar-refractivity contribution in [1.82, 2.24) is 15.3 Å². The molecular weight excluding hydrogens is 240 g/mol. The first-order valence-electron chi connectivity index (χ1n) is 7.22. The van der Waals surface area contributed by atoms with Crippen LogP contribution in [-0.2, 0) is 4.74 Å². The third kappa shape index (κ3) is 3.04. The molecule has 19 heavy (non-hydrogen) atoms. The zero-order chi connectivity index (χ0) is 13.1. The summed E-state index contributed by atoms with van der Waals surface area (Å²) in [6.07, 6.45) is 7.51. The van der Waals surface area contributed by atoms with Crippen LogP contribution in [0.2, 0.25) is 0 Å². The van der Waals surface area contributed by atoms with Gasteiger partial charge in [0, 0.05) is 44.2 Å². The Morgan fingerprint density at radius 3 is 2.89 bits per heavy atom. The maximum atomic E-state index is 5.62. The van der Waals surface area contributed by atoms with Crippen molar-refractivity contribution in [2.75, 3.05) is 24.6 Å². The molecule has 0 amide bonds. The molecule has 2 aliphatic heterocycles. The van der Waals surface area contributed by atoms with Crippen LogP contribution in [0.3, 0.4) is 0 Å². The van der Waals surface area contributed by atoms with Crippen LogP contribution in [0.15, 0.2) is 18.5 Å². The Morgan fingerprint density at radius 2 is 2.16 bits per heavy atom. The minimum Gasteiger partial charge on any atom is -0.377 e. The summed E-state index contributed by atoms with van der Waals surface area (Å²) in [6.45, 7) is 5.09. The van der Waals surface area contributed by atoms with Crippen LogP contribution >= 0.6 is 0 Å². The standard InChI is InChI=1S/C14H22N4O/c1-11-13(5-9-19-11)17-12-4-2-8-18(10-12)14-15-6-3-7-16-14/h3,6-7,11-13,17H,2,4-5,8-10H2,1H3. The van der Waals surface area contributed by atoms with E-state index in [0.29, 0.717) is 18.2 Å². The van der Waals surface area contributed by atoms with Crippen LogP contribution in [0.5, 0.6) is 0 Å². The maximum absolute atomic E-state index is 5.62. The van der Waals surface area contributed by atoms with E-state index in [4.69, 9.17) is 4.74 Å². The maximum Gasteiger partial charge on any atom is 0.225 e. The third-order valence-electron chi connectivity index (χ3n) is 4.08. The Morgan fingerprint density at radius 1 is 1.32 bits per heavy atom. The fourth-order valence-electron chi connectivity index (χ4n) is 3.00. The highest BCUT2D eigenvalue weighted by Crippen LogP contribution is 2.19. The van der Waals surface area contributed by atoms with Crippen LogP contribution < -0.4 is 10.2 Å². The van der Waals surface area contributed by atoms with Crippen molar-refractivity contribution in [2.24, 2.45) is 0 Å². The van der Waals surface area contributed by atoms with Gasteiger partial charge in [-0.25, -0.2) is 9.97 Å². The molecule has 3 atom stereocenters. The predicted octanol–water partition coefficient (Wildman–Crippen LogP) is 1.21. The van der Waals surface area contributed by atoms with E-state index in [1.807, 2.05) is 18.5 Å². The SMILES string of the molecule is CC1OCCC1NC1CCCN(c2ncccn2)C1. The molecule has 0 aromatic carbocycles. The molecule has 0 saturated carbocycles. The molecule has 5 heteroatoms. The fourth-order valence-corrected chi connectivity index (χ4v) is 3.00. The second-order valence-electron chi connectivity index (χ2n) is 5.47. The van der Waals surface area contributed by atoms with Crippen LogP contribution in [0.4, 0.5) is 5.95 Å². The molecule has 2 aliphatic rings. The highest BCUT2D eigenvalue weighted by atomic mass is 16.5. The molecule has 2 saturated heterocycles.